The minimum absolute atomic E-state index is 0. The Morgan fingerprint density at radius 3 is 1.50 bits per heavy atom. The van der Waals surface area contributed by atoms with Crippen molar-refractivity contribution in [3.63, 3.8) is 0 Å². The fraction of sp³-hybridized carbons (Fsp3) is 0. The molecule has 0 saturated carbocycles. The van der Waals surface area contributed by atoms with Gasteiger partial charge in [-0.25, -0.2) is 0 Å². The smallest absolute Gasteiger partial charge is 2.00 e. The van der Waals surface area contributed by atoms with Crippen molar-refractivity contribution < 1.29 is 26.6 Å². The van der Waals surface area contributed by atoms with E-state index in [-0.39, 0.29) is 74.5 Å². The molecule has 0 spiro atoms. The summed E-state index contributed by atoms with van der Waals surface area (Å²) in [6.07, 6.45) is 0. The van der Waals surface area contributed by atoms with Crippen LogP contribution in [0.15, 0.2) is 0 Å². The Bertz CT molecular complexity index is 13.5. The Balaban J connectivity index is -0.000000000833. The second kappa shape index (κ2) is 16.9. The van der Waals surface area contributed by atoms with Gasteiger partial charge in [0.05, 0.1) is 0 Å². The zero-order valence-electron chi connectivity index (χ0n) is 4.32. The minimum Gasteiger partial charge on any atom is 2.00 e. The number of hydrogen-bond acceptors (Lipinski definition) is 1. The van der Waals surface area contributed by atoms with E-state index in [2.05, 4.69) is 0 Å². The molecule has 0 heterocycles. The zero-order valence-corrected chi connectivity index (χ0v) is 12.9. The van der Waals surface area contributed by atoms with Crippen molar-refractivity contribution in [2.45, 2.75) is 0 Å². The number of rotatable bonds is 0. The van der Waals surface area contributed by atoms with E-state index in [9.17, 15) is 0 Å². The van der Waals surface area contributed by atoms with Gasteiger partial charge in [-0.15, -0.1) is 0 Å². The topological polar surface area (TPSA) is 17.1 Å². The standard InChI is InChI=1S/Bi.O.Sr.Ti.5H/q;;+2;;;;;2*-1. The fourth-order valence-corrected chi connectivity index (χ4v) is 0. The summed E-state index contributed by atoms with van der Waals surface area (Å²) in [5, 5.41) is 0. The van der Waals surface area contributed by atoms with Crippen molar-refractivity contribution in [3.05, 3.63) is 0 Å². The Kier molecular flexibility index (Phi) is 66.7. The Morgan fingerprint density at radius 2 is 1.50 bits per heavy atom. The van der Waals surface area contributed by atoms with Crippen LogP contribution in [0.5, 0.6) is 0 Å². The van der Waals surface area contributed by atoms with Crippen LogP contribution in [0.3, 0.4) is 0 Å². The van der Waals surface area contributed by atoms with Gasteiger partial charge >= 0.3 is 95.4 Å². The zero-order chi connectivity index (χ0) is 2.00. The molecule has 0 atom stereocenters. The first kappa shape index (κ1) is 15.8. The number of hydrogen-bond donors (Lipinski definition) is 0. The molecular formula is H5BiOSrTi. The maximum absolute atomic E-state index is 8.25. The van der Waals surface area contributed by atoms with Crippen LogP contribution in [0.2, 0.25) is 0 Å². The molecule has 4 heavy (non-hydrogen) atoms. The van der Waals surface area contributed by atoms with E-state index in [1.54, 1.807) is 0 Å². The molecule has 0 fully saturated rings. The van der Waals surface area contributed by atoms with Gasteiger partial charge < -0.3 is 2.85 Å². The molecule has 0 amide bonds. The molecular weight excluding hydrogens is 360 g/mol. The average molecular weight is 366 g/mol. The molecule has 0 rings (SSSR count). The second-order valence-electron chi connectivity index (χ2n) is 0. The molecule has 0 bridgehead atoms. The summed E-state index contributed by atoms with van der Waals surface area (Å²) < 4.78 is 8.25. The molecule has 0 aromatic heterocycles. The van der Waals surface area contributed by atoms with E-state index >= 15 is 0 Å². The van der Waals surface area contributed by atoms with Crippen LogP contribution in [-0.4, -0.2) is 71.7 Å². The van der Waals surface area contributed by atoms with Crippen LogP contribution in [0, 0.1) is 0 Å². The van der Waals surface area contributed by atoms with Gasteiger partial charge in [-0.2, -0.15) is 0 Å². The Morgan fingerprint density at radius 1 is 1.50 bits per heavy atom. The molecule has 0 aromatic rings. The van der Waals surface area contributed by atoms with Gasteiger partial charge in [0.15, 0.2) is 0 Å². The maximum Gasteiger partial charge on any atom is 2.00 e. The molecule has 0 saturated heterocycles. The van der Waals surface area contributed by atoms with E-state index in [0.29, 0.717) is 0 Å². The normalized spacial score (nSPS) is 0.750. The average Bonchev–Trinajstić information content (AvgIpc) is 1.00. The van der Waals surface area contributed by atoms with Gasteiger partial charge in [0.25, 0.3) is 0 Å². The second-order valence-corrected chi connectivity index (χ2v) is 0. The third-order valence-electron chi connectivity index (χ3n) is 0. The van der Waals surface area contributed by atoms with Crippen LogP contribution >= 0.6 is 0 Å². The van der Waals surface area contributed by atoms with Crippen LogP contribution in [0.1, 0.15) is 2.85 Å². The molecule has 4 heteroatoms. The first-order valence-electron chi connectivity index (χ1n) is 0.204. The molecule has 0 aromatic carbocycles. The van der Waals surface area contributed by atoms with E-state index in [1.807, 2.05) is 0 Å². The monoisotopic (exact) mass is 366 g/mol. The van der Waals surface area contributed by atoms with Crippen molar-refractivity contribution in [1.82, 2.24) is 0 Å². The van der Waals surface area contributed by atoms with Gasteiger partial charge in [0.1, 0.15) is 0 Å². The van der Waals surface area contributed by atoms with Gasteiger partial charge in [0.2, 0.25) is 0 Å². The molecule has 0 N–H and O–H groups in total. The van der Waals surface area contributed by atoms with Gasteiger partial charge in [-0.05, 0) is 0 Å². The molecule has 0 aliphatic carbocycles. The van der Waals surface area contributed by atoms with Gasteiger partial charge in [-0.1, -0.05) is 0 Å². The first-order valence-corrected chi connectivity index (χ1v) is 0.842. The van der Waals surface area contributed by atoms with E-state index in [0.717, 1.165) is 20.4 Å². The molecule has 0 aliphatic heterocycles. The summed E-state index contributed by atoms with van der Waals surface area (Å²) in [6.45, 7) is 0. The molecule has 0 unspecified atom stereocenters. The Hall–Kier alpha value is 2.88. The first-order chi connectivity index (χ1) is 1.00. The van der Waals surface area contributed by atoms with Gasteiger partial charge in [0, 0.05) is 0 Å². The summed E-state index contributed by atoms with van der Waals surface area (Å²) in [6, 6.07) is 0. The predicted octanol–water partition coefficient (Wildman–Crippen LogP) is -1.46. The van der Waals surface area contributed by atoms with Crippen molar-refractivity contribution in [2.75, 3.05) is 0 Å². The summed E-state index contributed by atoms with van der Waals surface area (Å²) in [5.41, 5.74) is 0. The Labute approximate surface area is 96.0 Å². The summed E-state index contributed by atoms with van der Waals surface area (Å²) in [7, 11) is 0. The molecule has 1 nitrogen and oxygen atoms in total. The van der Waals surface area contributed by atoms with E-state index < -0.39 is 0 Å². The summed E-state index contributed by atoms with van der Waals surface area (Å²) in [5.74, 6) is 0. The van der Waals surface area contributed by atoms with Crippen molar-refractivity contribution >= 4 is 71.7 Å². The van der Waals surface area contributed by atoms with Gasteiger partial charge in [-0.3, -0.25) is 0 Å². The fourth-order valence-electron chi connectivity index (χ4n) is 0. The van der Waals surface area contributed by atoms with E-state index in [1.165, 1.54) is 0 Å². The SMILES string of the molecule is [BiH3].[H-].[H-].[O]=[Ti].[Sr+2]. The maximum atomic E-state index is 8.25. The van der Waals surface area contributed by atoms with Crippen molar-refractivity contribution in [1.29, 1.82) is 0 Å². The van der Waals surface area contributed by atoms with Crippen LogP contribution in [0.4, 0.5) is 0 Å². The molecule has 0 radical (unpaired) electrons. The van der Waals surface area contributed by atoms with Crippen LogP contribution in [0.25, 0.3) is 0 Å². The minimum atomic E-state index is 0. The summed E-state index contributed by atoms with van der Waals surface area (Å²) in [4.78, 5) is 0. The van der Waals surface area contributed by atoms with Crippen LogP contribution in [-0.2, 0) is 23.7 Å². The molecule has 22 valence electrons. The quantitative estimate of drug-likeness (QED) is 0.480. The third kappa shape index (κ3) is 8.86. The third-order valence-corrected chi connectivity index (χ3v) is 0. The summed E-state index contributed by atoms with van der Waals surface area (Å²) >= 11 is 0.750. The predicted molar refractivity (Wildman–Crippen MR) is 18.6 cm³/mol. The largest absolute Gasteiger partial charge is 2.00 e. The van der Waals surface area contributed by atoms with E-state index in [4.69, 9.17) is 3.32 Å². The van der Waals surface area contributed by atoms with Crippen LogP contribution < -0.4 is 0 Å². The van der Waals surface area contributed by atoms with Crippen molar-refractivity contribution in [3.8, 4) is 0 Å². The van der Waals surface area contributed by atoms with Crippen molar-refractivity contribution in [2.24, 2.45) is 0 Å². The molecule has 0 aliphatic rings.